The van der Waals surface area contributed by atoms with Crippen LogP contribution in [0.15, 0.2) is 0 Å². The first-order valence-electron chi connectivity index (χ1n) is 15.8. The maximum atomic E-state index is 15.8. The van der Waals surface area contributed by atoms with E-state index < -0.39 is 17.0 Å². The van der Waals surface area contributed by atoms with Gasteiger partial charge < -0.3 is 0 Å². The molecule has 0 aliphatic heterocycles. The van der Waals surface area contributed by atoms with Crippen molar-refractivity contribution in [2.24, 2.45) is 22.7 Å². The van der Waals surface area contributed by atoms with Crippen molar-refractivity contribution >= 4 is 5.78 Å². The molecule has 0 aromatic heterocycles. The zero-order valence-electron chi connectivity index (χ0n) is 23.0. The van der Waals surface area contributed by atoms with Gasteiger partial charge in [0.1, 0.15) is 6.17 Å². The van der Waals surface area contributed by atoms with E-state index in [-0.39, 0.29) is 0 Å². The molecule has 3 saturated carbocycles. The van der Waals surface area contributed by atoms with Gasteiger partial charge in [0, 0.05) is 0 Å². The summed E-state index contributed by atoms with van der Waals surface area (Å²) in [6, 6.07) is 0. The van der Waals surface area contributed by atoms with Gasteiger partial charge in [0.2, 0.25) is 0 Å². The van der Waals surface area contributed by atoms with Gasteiger partial charge in [-0.2, -0.15) is 0 Å². The minimum atomic E-state index is -0.841. The Labute approximate surface area is 211 Å². The molecule has 0 N–H and O–H groups in total. The number of rotatable bonds is 16. The Bertz CT molecular complexity index is 520. The van der Waals surface area contributed by atoms with E-state index in [1.54, 1.807) is 0 Å². The predicted octanol–water partition coefficient (Wildman–Crippen LogP) is 10.5. The highest BCUT2D eigenvalue weighted by molar-refractivity contribution is 5.98. The van der Waals surface area contributed by atoms with Crippen molar-refractivity contribution in [1.82, 2.24) is 0 Å². The first-order valence-corrected chi connectivity index (χ1v) is 15.8. The Kier molecular flexibility index (Phi) is 11.9. The second kappa shape index (κ2) is 14.4. The zero-order chi connectivity index (χ0) is 24.3. The van der Waals surface area contributed by atoms with Gasteiger partial charge in [-0.05, 0) is 63.2 Å². The van der Waals surface area contributed by atoms with Gasteiger partial charge in [-0.15, -0.1) is 0 Å². The Morgan fingerprint density at radius 3 is 1.24 bits per heavy atom. The van der Waals surface area contributed by atoms with Crippen LogP contribution in [0.5, 0.6) is 0 Å². The lowest BCUT2D eigenvalue weighted by atomic mass is 9.41. The summed E-state index contributed by atoms with van der Waals surface area (Å²) in [5.41, 5.74) is -1.13. The molecule has 198 valence electrons. The molecule has 0 radical (unpaired) electrons. The van der Waals surface area contributed by atoms with Gasteiger partial charge in [0.05, 0.1) is 10.8 Å². The van der Waals surface area contributed by atoms with Crippen molar-refractivity contribution in [2.75, 3.05) is 0 Å². The molecule has 2 spiro atoms. The molecule has 0 unspecified atom stereocenters. The summed E-state index contributed by atoms with van der Waals surface area (Å²) in [5.74, 6) is 1.85. The molecule has 0 heterocycles. The van der Waals surface area contributed by atoms with Gasteiger partial charge in [0.15, 0.2) is 5.78 Å². The highest BCUT2D eigenvalue weighted by Crippen LogP contribution is 2.65. The molecule has 3 rings (SSSR count). The number of ketones is 1. The van der Waals surface area contributed by atoms with E-state index in [4.69, 9.17) is 0 Å². The van der Waals surface area contributed by atoms with E-state index in [2.05, 4.69) is 13.8 Å². The molecule has 0 amide bonds. The molecule has 2 heteroatoms. The van der Waals surface area contributed by atoms with Crippen molar-refractivity contribution in [2.45, 2.75) is 174 Å². The minimum Gasteiger partial charge on any atom is -0.298 e. The lowest BCUT2D eigenvalue weighted by molar-refractivity contribution is -0.193. The monoisotopic (exact) mass is 476 g/mol. The summed E-state index contributed by atoms with van der Waals surface area (Å²) >= 11 is 0. The zero-order valence-corrected chi connectivity index (χ0v) is 23.0. The first kappa shape index (κ1) is 28.2. The van der Waals surface area contributed by atoms with Crippen LogP contribution in [0, 0.1) is 22.7 Å². The Hall–Kier alpha value is -0.400. The van der Waals surface area contributed by atoms with Crippen LogP contribution in [0.2, 0.25) is 0 Å². The lowest BCUT2D eigenvalue weighted by Crippen LogP contribution is -2.69. The number of carbonyl (C=O) groups is 1. The van der Waals surface area contributed by atoms with Crippen LogP contribution in [0.4, 0.5) is 4.39 Å². The van der Waals surface area contributed by atoms with Gasteiger partial charge in [-0.1, -0.05) is 117 Å². The van der Waals surface area contributed by atoms with Crippen LogP contribution in [0.3, 0.4) is 0 Å². The predicted molar refractivity (Wildman–Crippen MR) is 144 cm³/mol. The van der Waals surface area contributed by atoms with Gasteiger partial charge >= 0.3 is 0 Å². The number of hydrogen-bond acceptors (Lipinski definition) is 1. The van der Waals surface area contributed by atoms with E-state index >= 15 is 4.39 Å². The molecule has 0 aromatic rings. The minimum absolute atomic E-state index is 0.358. The third kappa shape index (κ3) is 6.88. The molecule has 0 aromatic carbocycles. The average molecular weight is 477 g/mol. The molecule has 3 fully saturated rings. The third-order valence-corrected chi connectivity index (χ3v) is 10.3. The topological polar surface area (TPSA) is 17.1 Å². The Morgan fingerprint density at radius 2 is 0.912 bits per heavy atom. The third-order valence-electron chi connectivity index (χ3n) is 10.3. The summed E-state index contributed by atoms with van der Waals surface area (Å²) in [6.45, 7) is 4.55. The van der Waals surface area contributed by atoms with Crippen LogP contribution >= 0.6 is 0 Å². The molecule has 3 aliphatic carbocycles. The van der Waals surface area contributed by atoms with Crippen molar-refractivity contribution in [3.8, 4) is 0 Å². The summed E-state index contributed by atoms with van der Waals surface area (Å²) < 4.78 is 15.8. The van der Waals surface area contributed by atoms with Crippen molar-refractivity contribution in [1.29, 1.82) is 0 Å². The van der Waals surface area contributed by atoms with Crippen LogP contribution in [-0.4, -0.2) is 12.0 Å². The molecular formula is C32H57FO. The van der Waals surface area contributed by atoms with Crippen molar-refractivity contribution < 1.29 is 9.18 Å². The number of hydrogen-bond donors (Lipinski definition) is 0. The molecule has 0 bridgehead atoms. The highest BCUT2D eigenvalue weighted by atomic mass is 19.1. The summed E-state index contributed by atoms with van der Waals surface area (Å²) in [5, 5.41) is 0. The van der Waals surface area contributed by atoms with Gasteiger partial charge in [0.25, 0.3) is 0 Å². The Balaban J connectivity index is 1.30. The molecule has 1 nitrogen and oxygen atoms in total. The molecule has 0 atom stereocenters. The number of unbranched alkanes of at least 4 members (excludes halogenated alkanes) is 12. The molecule has 0 saturated heterocycles. The SMILES string of the molecule is CCCCCCCCCC1CC[C@]2(CC1)C(=O)[C@@]1(CCC(CCCCCCCCC)CC1)C2F. The van der Waals surface area contributed by atoms with E-state index in [1.165, 1.54) is 103 Å². The van der Waals surface area contributed by atoms with Crippen molar-refractivity contribution in [3.63, 3.8) is 0 Å². The summed E-state index contributed by atoms with van der Waals surface area (Å²) in [7, 11) is 0. The van der Waals surface area contributed by atoms with Gasteiger partial charge in [-0.3, -0.25) is 4.79 Å². The average Bonchev–Trinajstić information content (AvgIpc) is 2.88. The Morgan fingerprint density at radius 1 is 0.588 bits per heavy atom. The number of halogens is 1. The quantitative estimate of drug-likeness (QED) is 0.202. The summed E-state index contributed by atoms with van der Waals surface area (Å²) in [4.78, 5) is 13.5. The van der Waals surface area contributed by atoms with Crippen LogP contribution in [-0.2, 0) is 4.79 Å². The number of alkyl halides is 1. The smallest absolute Gasteiger partial charge is 0.151 e. The number of carbonyl (C=O) groups excluding carboxylic acids is 1. The van der Waals surface area contributed by atoms with E-state index in [0.29, 0.717) is 5.78 Å². The van der Waals surface area contributed by atoms with E-state index in [1.807, 2.05) is 0 Å². The first-order chi connectivity index (χ1) is 16.6. The summed E-state index contributed by atoms with van der Waals surface area (Å²) in [6.07, 6.45) is 28.6. The molecule has 3 aliphatic rings. The van der Waals surface area contributed by atoms with Crippen LogP contribution < -0.4 is 0 Å². The van der Waals surface area contributed by atoms with E-state index in [9.17, 15) is 4.79 Å². The van der Waals surface area contributed by atoms with Gasteiger partial charge in [-0.25, -0.2) is 4.39 Å². The highest BCUT2D eigenvalue weighted by Gasteiger charge is 2.71. The number of Topliss-reactive ketones (excluding diaryl/α,β-unsaturated/α-hetero) is 1. The lowest BCUT2D eigenvalue weighted by Gasteiger charge is -2.61. The van der Waals surface area contributed by atoms with E-state index in [0.717, 1.165) is 63.2 Å². The fraction of sp³-hybridized carbons (Fsp3) is 0.969. The fourth-order valence-corrected chi connectivity index (χ4v) is 7.88. The second-order valence-electron chi connectivity index (χ2n) is 12.7. The van der Waals surface area contributed by atoms with Crippen LogP contribution in [0.1, 0.15) is 168 Å². The fourth-order valence-electron chi connectivity index (χ4n) is 7.88. The maximum absolute atomic E-state index is 15.8. The normalized spacial score (nSPS) is 33.5. The maximum Gasteiger partial charge on any atom is 0.151 e. The van der Waals surface area contributed by atoms with Crippen molar-refractivity contribution in [3.05, 3.63) is 0 Å². The largest absolute Gasteiger partial charge is 0.298 e. The molecule has 34 heavy (non-hydrogen) atoms. The second-order valence-corrected chi connectivity index (χ2v) is 12.7. The standard InChI is InChI=1S/C32H57FO/c1-3-5-7-9-11-13-15-17-27-19-23-31(24-20-27)29(33)32(30(31)34)25-21-28(22-26-32)18-16-14-12-10-8-6-4-2/h27-29H,3-26H2,1-2H3/t27?,28?,29?,31-,32-. The molecular weight excluding hydrogens is 419 g/mol. The van der Waals surface area contributed by atoms with Crippen LogP contribution in [0.25, 0.3) is 0 Å².